The summed E-state index contributed by atoms with van der Waals surface area (Å²) >= 11 is 6.37. The normalized spacial score (nSPS) is 20.0. The van der Waals surface area contributed by atoms with Gasteiger partial charge in [0.2, 0.25) is 11.8 Å². The van der Waals surface area contributed by atoms with Crippen molar-refractivity contribution in [3.63, 3.8) is 0 Å². The molecule has 2 aliphatic carbocycles. The number of amides is 2. The second-order valence-corrected chi connectivity index (χ2v) is 11.4. The summed E-state index contributed by atoms with van der Waals surface area (Å²) in [6.07, 6.45) is 9.69. The topological polar surface area (TPSA) is 49.9 Å². The zero-order chi connectivity index (χ0) is 26.6. The van der Waals surface area contributed by atoms with Crippen LogP contribution in [0.4, 0.5) is 4.39 Å². The molecule has 0 spiro atoms. The number of hydrogen-bond donors (Lipinski definition) is 0. The maximum Gasteiger partial charge on any atom is 0.229 e. The van der Waals surface area contributed by atoms with E-state index in [0.717, 1.165) is 49.2 Å². The first-order valence-electron chi connectivity index (χ1n) is 14.2. The number of likely N-dealkylation sites (tertiary alicyclic amines) is 1. The van der Waals surface area contributed by atoms with E-state index in [9.17, 15) is 14.0 Å². The monoisotopic (exact) mass is 540 g/mol. The molecule has 3 aliphatic rings. The molecule has 1 heterocycles. The summed E-state index contributed by atoms with van der Waals surface area (Å²) in [5, 5.41) is 0.287. The Bertz CT molecular complexity index is 1160. The van der Waals surface area contributed by atoms with Crippen LogP contribution in [-0.4, -0.2) is 41.3 Å². The van der Waals surface area contributed by atoms with E-state index in [1.165, 1.54) is 54.2 Å². The number of rotatable bonds is 10. The first-order chi connectivity index (χ1) is 18.4. The summed E-state index contributed by atoms with van der Waals surface area (Å²) in [7, 11) is 0. The van der Waals surface area contributed by atoms with Crippen LogP contribution in [0.5, 0.6) is 5.75 Å². The highest BCUT2D eigenvalue weighted by Gasteiger charge is 2.32. The zero-order valence-corrected chi connectivity index (χ0v) is 23.1. The molecule has 2 aromatic carbocycles. The molecule has 5 nitrogen and oxygen atoms in total. The highest BCUT2D eigenvalue weighted by molar-refractivity contribution is 6.31. The second-order valence-electron chi connectivity index (χ2n) is 11.0. The molecule has 1 unspecified atom stereocenters. The van der Waals surface area contributed by atoms with Gasteiger partial charge in [-0.2, -0.15) is 0 Å². The van der Waals surface area contributed by atoms with Gasteiger partial charge in [0, 0.05) is 32.0 Å². The third kappa shape index (κ3) is 5.91. The van der Waals surface area contributed by atoms with E-state index in [1.54, 1.807) is 0 Å². The van der Waals surface area contributed by atoms with Crippen molar-refractivity contribution in [2.24, 2.45) is 5.92 Å². The van der Waals surface area contributed by atoms with E-state index in [0.29, 0.717) is 31.9 Å². The maximum absolute atomic E-state index is 14.2. The number of nitrogens with zero attached hydrogens (tertiary/aromatic N) is 2. The first kappa shape index (κ1) is 27.1. The summed E-state index contributed by atoms with van der Waals surface area (Å²) in [6, 6.07) is 10.1. The van der Waals surface area contributed by atoms with Gasteiger partial charge in [-0.3, -0.25) is 19.4 Å². The minimum absolute atomic E-state index is 0.111. The molecule has 1 aliphatic heterocycles. The average Bonchev–Trinajstić information content (AvgIpc) is 3.50. The number of imide groups is 1. The van der Waals surface area contributed by atoms with Gasteiger partial charge in [0.1, 0.15) is 18.2 Å². The molecule has 1 saturated heterocycles. The predicted molar refractivity (Wildman–Crippen MR) is 147 cm³/mol. The Morgan fingerprint density at radius 2 is 1.79 bits per heavy atom. The molecule has 7 heteroatoms. The SMILES string of the molecule is CCc1cc(CN(CC2CCCCC2)C2CCc3c2ccc(F)c3Cl)ccc1OCCN1C(=O)CCC1=O. The van der Waals surface area contributed by atoms with Crippen LogP contribution in [0.1, 0.15) is 86.6 Å². The lowest BCUT2D eigenvalue weighted by molar-refractivity contribution is -0.138. The fourth-order valence-electron chi connectivity index (χ4n) is 6.49. The third-order valence-electron chi connectivity index (χ3n) is 8.54. The number of carbonyl (C=O) groups excluding carboxylic acids is 2. The lowest BCUT2D eigenvalue weighted by Crippen LogP contribution is -2.33. The minimum atomic E-state index is -0.327. The first-order valence-corrected chi connectivity index (χ1v) is 14.6. The van der Waals surface area contributed by atoms with Crippen molar-refractivity contribution >= 4 is 23.4 Å². The summed E-state index contributed by atoms with van der Waals surface area (Å²) in [5.41, 5.74) is 4.50. The van der Waals surface area contributed by atoms with E-state index in [-0.39, 0.29) is 28.7 Å². The molecule has 204 valence electrons. The Balaban J connectivity index is 1.31. The van der Waals surface area contributed by atoms with Crippen LogP contribution < -0.4 is 4.74 Å². The van der Waals surface area contributed by atoms with Crippen LogP contribution in [0.15, 0.2) is 30.3 Å². The van der Waals surface area contributed by atoms with Crippen molar-refractivity contribution in [1.29, 1.82) is 0 Å². The number of halogens is 2. The lowest BCUT2D eigenvalue weighted by Gasteiger charge is -2.35. The molecule has 2 amide bonds. The number of ether oxygens (including phenoxy) is 1. The molecule has 0 N–H and O–H groups in total. The van der Waals surface area contributed by atoms with Crippen molar-refractivity contribution in [3.05, 3.63) is 63.4 Å². The van der Waals surface area contributed by atoms with Gasteiger partial charge in [-0.1, -0.05) is 56.0 Å². The molecule has 5 rings (SSSR count). The van der Waals surface area contributed by atoms with Gasteiger partial charge in [-0.25, -0.2) is 4.39 Å². The number of hydrogen-bond acceptors (Lipinski definition) is 4. The van der Waals surface area contributed by atoms with Gasteiger partial charge in [-0.05, 0) is 72.4 Å². The van der Waals surface area contributed by atoms with Crippen molar-refractivity contribution in [1.82, 2.24) is 9.80 Å². The van der Waals surface area contributed by atoms with Crippen LogP contribution in [-0.2, 0) is 29.0 Å². The highest BCUT2D eigenvalue weighted by atomic mass is 35.5. The molecule has 1 saturated carbocycles. The fraction of sp³-hybridized carbons (Fsp3) is 0.548. The molecule has 38 heavy (non-hydrogen) atoms. The predicted octanol–water partition coefficient (Wildman–Crippen LogP) is 6.64. The molecule has 2 aromatic rings. The molecule has 2 fully saturated rings. The Hall–Kier alpha value is -2.44. The number of aryl methyl sites for hydroxylation is 1. The number of benzene rings is 2. The van der Waals surface area contributed by atoms with Gasteiger partial charge in [-0.15, -0.1) is 0 Å². The summed E-state index contributed by atoms with van der Waals surface area (Å²) in [5.74, 6) is 0.947. The van der Waals surface area contributed by atoms with Crippen molar-refractivity contribution < 1.29 is 18.7 Å². The Morgan fingerprint density at radius 3 is 2.53 bits per heavy atom. The van der Waals surface area contributed by atoms with Gasteiger partial charge < -0.3 is 4.74 Å². The standard InChI is InChI=1S/C31H38ClFN2O3/c1-2-23-18-22(8-13-28(23)38-17-16-35-29(36)14-15-30(35)37)20-34(19-21-6-4-3-5-7-21)27-12-10-25-24(27)9-11-26(33)31(25)32/h8-9,11,13,18,21,27H,2-7,10,12,14-17,19-20H2,1H3. The summed E-state index contributed by atoms with van der Waals surface area (Å²) in [4.78, 5) is 27.7. The van der Waals surface area contributed by atoms with Crippen molar-refractivity contribution in [2.45, 2.75) is 83.7 Å². The lowest BCUT2D eigenvalue weighted by atomic mass is 9.88. The number of carbonyl (C=O) groups is 2. The Morgan fingerprint density at radius 1 is 1.03 bits per heavy atom. The Labute approximate surface area is 230 Å². The van der Waals surface area contributed by atoms with E-state index in [2.05, 4.69) is 24.0 Å². The van der Waals surface area contributed by atoms with Crippen LogP contribution in [0.2, 0.25) is 5.02 Å². The smallest absolute Gasteiger partial charge is 0.229 e. The van der Waals surface area contributed by atoms with Crippen LogP contribution in [0, 0.1) is 11.7 Å². The van der Waals surface area contributed by atoms with Crippen molar-refractivity contribution in [2.75, 3.05) is 19.7 Å². The van der Waals surface area contributed by atoms with Gasteiger partial charge >= 0.3 is 0 Å². The van der Waals surface area contributed by atoms with Gasteiger partial charge in [0.25, 0.3) is 0 Å². The number of fused-ring (bicyclic) bond motifs is 1. The largest absolute Gasteiger partial charge is 0.491 e. The molecular weight excluding hydrogens is 503 g/mol. The maximum atomic E-state index is 14.2. The Kier molecular flexibility index (Phi) is 8.69. The molecule has 0 bridgehead atoms. The summed E-state index contributed by atoms with van der Waals surface area (Å²) in [6.45, 7) is 4.56. The molecule has 0 aromatic heterocycles. The summed E-state index contributed by atoms with van der Waals surface area (Å²) < 4.78 is 20.2. The molecule has 0 radical (unpaired) electrons. The van der Waals surface area contributed by atoms with E-state index >= 15 is 0 Å². The third-order valence-corrected chi connectivity index (χ3v) is 8.94. The van der Waals surface area contributed by atoms with Crippen LogP contribution in [0.25, 0.3) is 0 Å². The van der Waals surface area contributed by atoms with E-state index in [1.807, 2.05) is 12.1 Å². The second kappa shape index (κ2) is 12.2. The van der Waals surface area contributed by atoms with E-state index in [4.69, 9.17) is 16.3 Å². The van der Waals surface area contributed by atoms with Crippen LogP contribution in [0.3, 0.4) is 0 Å². The zero-order valence-electron chi connectivity index (χ0n) is 22.3. The van der Waals surface area contributed by atoms with Crippen molar-refractivity contribution in [3.8, 4) is 5.75 Å². The highest BCUT2D eigenvalue weighted by Crippen LogP contribution is 2.42. The fourth-order valence-corrected chi connectivity index (χ4v) is 6.76. The van der Waals surface area contributed by atoms with Crippen LogP contribution >= 0.6 is 11.6 Å². The quantitative estimate of drug-likeness (QED) is 0.317. The minimum Gasteiger partial charge on any atom is -0.491 e. The molecule has 1 atom stereocenters. The molecular formula is C31H38ClFN2O3. The average molecular weight is 541 g/mol. The van der Waals surface area contributed by atoms with Gasteiger partial charge in [0.05, 0.1) is 11.6 Å². The van der Waals surface area contributed by atoms with Gasteiger partial charge in [0.15, 0.2) is 0 Å². The van der Waals surface area contributed by atoms with E-state index < -0.39 is 0 Å².